The second-order valence-electron chi connectivity index (χ2n) is 6.20. The summed E-state index contributed by atoms with van der Waals surface area (Å²) in [7, 11) is 0. The van der Waals surface area contributed by atoms with Crippen molar-refractivity contribution in [2.24, 2.45) is 17.6 Å². The molecular formula is C14H25N3O. The molecule has 0 amide bonds. The Hall–Kier alpha value is -0.900. The molecule has 1 aromatic rings. The number of hydrogen-bond donors (Lipinski definition) is 1. The first-order valence-corrected chi connectivity index (χ1v) is 7.15. The van der Waals surface area contributed by atoms with Crippen molar-refractivity contribution in [2.75, 3.05) is 0 Å². The zero-order valence-electron chi connectivity index (χ0n) is 11.7. The van der Waals surface area contributed by atoms with E-state index in [-0.39, 0.29) is 6.04 Å². The lowest BCUT2D eigenvalue weighted by Gasteiger charge is -2.23. The van der Waals surface area contributed by atoms with Crippen LogP contribution in [0.25, 0.3) is 0 Å². The minimum Gasteiger partial charge on any atom is -0.338 e. The molecule has 1 fully saturated rings. The van der Waals surface area contributed by atoms with Crippen LogP contribution in [0.3, 0.4) is 0 Å². The molecule has 0 bridgehead atoms. The van der Waals surface area contributed by atoms with Gasteiger partial charge in [0.15, 0.2) is 5.82 Å². The van der Waals surface area contributed by atoms with Gasteiger partial charge in [0, 0.05) is 5.92 Å². The first-order chi connectivity index (χ1) is 8.56. The molecule has 102 valence electrons. The highest BCUT2D eigenvalue weighted by molar-refractivity contribution is 5.00. The molecule has 0 aliphatic heterocycles. The molecule has 1 aliphatic carbocycles. The summed E-state index contributed by atoms with van der Waals surface area (Å²) in [5.41, 5.74) is 6.07. The van der Waals surface area contributed by atoms with Gasteiger partial charge < -0.3 is 10.3 Å². The van der Waals surface area contributed by atoms with E-state index in [9.17, 15) is 0 Å². The van der Waals surface area contributed by atoms with Gasteiger partial charge in [-0.05, 0) is 31.1 Å². The molecule has 4 heteroatoms. The van der Waals surface area contributed by atoms with Crippen molar-refractivity contribution in [1.82, 2.24) is 10.1 Å². The van der Waals surface area contributed by atoms with E-state index in [1.54, 1.807) is 0 Å². The van der Waals surface area contributed by atoms with E-state index in [1.807, 2.05) is 0 Å². The summed E-state index contributed by atoms with van der Waals surface area (Å²) < 4.78 is 5.33. The summed E-state index contributed by atoms with van der Waals surface area (Å²) in [5, 5.41) is 4.14. The fourth-order valence-corrected chi connectivity index (χ4v) is 2.84. The third-order valence-electron chi connectivity index (χ3n) is 3.80. The molecule has 0 spiro atoms. The van der Waals surface area contributed by atoms with Crippen LogP contribution >= 0.6 is 0 Å². The second-order valence-corrected chi connectivity index (χ2v) is 6.20. The second kappa shape index (κ2) is 5.83. The van der Waals surface area contributed by atoms with E-state index in [2.05, 4.69) is 30.9 Å². The lowest BCUT2D eigenvalue weighted by atomic mass is 9.82. The molecule has 1 saturated carbocycles. The number of aromatic nitrogens is 2. The predicted octanol–water partition coefficient (Wildman–Crippen LogP) is 3.41. The number of hydrogen-bond acceptors (Lipinski definition) is 4. The topological polar surface area (TPSA) is 64.9 Å². The number of rotatable bonds is 4. The van der Waals surface area contributed by atoms with Crippen LogP contribution in [0.1, 0.15) is 76.6 Å². The van der Waals surface area contributed by atoms with Crippen molar-refractivity contribution in [1.29, 1.82) is 0 Å². The predicted molar refractivity (Wildman–Crippen MR) is 71.1 cm³/mol. The molecule has 1 aliphatic rings. The largest absolute Gasteiger partial charge is 0.338 e. The summed E-state index contributed by atoms with van der Waals surface area (Å²) in [6.45, 7) is 6.61. The van der Waals surface area contributed by atoms with Gasteiger partial charge in [-0.1, -0.05) is 38.8 Å². The highest BCUT2D eigenvalue weighted by Gasteiger charge is 2.25. The maximum absolute atomic E-state index is 6.07. The summed E-state index contributed by atoms with van der Waals surface area (Å²) >= 11 is 0. The van der Waals surface area contributed by atoms with E-state index in [0.717, 1.165) is 18.2 Å². The van der Waals surface area contributed by atoms with E-state index < -0.39 is 0 Å². The Morgan fingerprint density at radius 2 is 2.17 bits per heavy atom. The smallest absolute Gasteiger partial charge is 0.243 e. The van der Waals surface area contributed by atoms with Crippen LogP contribution < -0.4 is 5.73 Å². The third-order valence-corrected chi connectivity index (χ3v) is 3.80. The summed E-state index contributed by atoms with van der Waals surface area (Å²) in [6.07, 6.45) is 5.85. The average molecular weight is 251 g/mol. The Labute approximate surface area is 109 Å². The zero-order chi connectivity index (χ0) is 13.1. The quantitative estimate of drug-likeness (QED) is 0.890. The highest BCUT2D eigenvalue weighted by Crippen LogP contribution is 2.34. The van der Waals surface area contributed by atoms with Crippen molar-refractivity contribution in [3.05, 3.63) is 11.7 Å². The van der Waals surface area contributed by atoms with Crippen LogP contribution in [0.2, 0.25) is 0 Å². The molecular weight excluding hydrogens is 226 g/mol. The van der Waals surface area contributed by atoms with E-state index in [1.165, 1.54) is 25.7 Å². The fourth-order valence-electron chi connectivity index (χ4n) is 2.84. The Balaban J connectivity index is 2.01. The van der Waals surface area contributed by atoms with Crippen molar-refractivity contribution in [2.45, 2.75) is 64.8 Å². The van der Waals surface area contributed by atoms with Gasteiger partial charge in [0.05, 0.1) is 6.04 Å². The van der Waals surface area contributed by atoms with Gasteiger partial charge in [-0.25, -0.2) is 0 Å². The lowest BCUT2D eigenvalue weighted by Crippen LogP contribution is -2.15. The van der Waals surface area contributed by atoms with E-state index >= 15 is 0 Å². The van der Waals surface area contributed by atoms with Gasteiger partial charge in [0.1, 0.15) is 0 Å². The average Bonchev–Trinajstić information content (AvgIpc) is 2.77. The number of nitrogens with zero attached hydrogens (tertiary/aromatic N) is 2. The molecule has 4 nitrogen and oxygen atoms in total. The molecule has 1 aromatic heterocycles. The molecule has 0 saturated heterocycles. The maximum atomic E-state index is 6.07. The summed E-state index contributed by atoms with van der Waals surface area (Å²) in [6, 6.07) is -0.118. The maximum Gasteiger partial charge on any atom is 0.243 e. The number of nitrogens with two attached hydrogens (primary N) is 1. The molecule has 2 N–H and O–H groups in total. The van der Waals surface area contributed by atoms with Crippen LogP contribution in [0.4, 0.5) is 0 Å². The summed E-state index contributed by atoms with van der Waals surface area (Å²) in [5.74, 6) is 3.27. The van der Waals surface area contributed by atoms with Gasteiger partial charge in [-0.15, -0.1) is 0 Å². The normalized spacial score (nSPS) is 26.5. The molecule has 0 aromatic carbocycles. The zero-order valence-corrected chi connectivity index (χ0v) is 11.7. The van der Waals surface area contributed by atoms with Crippen LogP contribution in [0.5, 0.6) is 0 Å². The van der Waals surface area contributed by atoms with Gasteiger partial charge in [0.25, 0.3) is 0 Å². The van der Waals surface area contributed by atoms with Crippen LogP contribution in [-0.2, 0) is 0 Å². The Kier molecular flexibility index (Phi) is 4.38. The van der Waals surface area contributed by atoms with Gasteiger partial charge in [-0.2, -0.15) is 4.98 Å². The Morgan fingerprint density at radius 3 is 2.83 bits per heavy atom. The third kappa shape index (κ3) is 3.31. The minimum atomic E-state index is -0.118. The standard InChI is InChI=1S/C14H25N3O/c1-9(2)7-12(15)14-16-13(17-18-14)11-6-4-5-10(3)8-11/h9-12H,4-8,15H2,1-3H3/t10?,11?,12-/m0/s1. The van der Waals surface area contributed by atoms with Gasteiger partial charge in [0.2, 0.25) is 5.89 Å². The van der Waals surface area contributed by atoms with Gasteiger partial charge >= 0.3 is 0 Å². The molecule has 3 atom stereocenters. The van der Waals surface area contributed by atoms with Crippen LogP contribution in [0, 0.1) is 11.8 Å². The Morgan fingerprint density at radius 1 is 1.39 bits per heavy atom. The molecule has 2 rings (SSSR count). The van der Waals surface area contributed by atoms with E-state index in [4.69, 9.17) is 10.3 Å². The Bertz CT molecular complexity index is 375. The lowest BCUT2D eigenvalue weighted by molar-refractivity contribution is 0.310. The first-order valence-electron chi connectivity index (χ1n) is 7.15. The van der Waals surface area contributed by atoms with Gasteiger partial charge in [-0.3, -0.25) is 0 Å². The molecule has 1 heterocycles. The summed E-state index contributed by atoms with van der Waals surface area (Å²) in [4.78, 5) is 4.52. The van der Waals surface area contributed by atoms with Crippen molar-refractivity contribution >= 4 is 0 Å². The highest BCUT2D eigenvalue weighted by atomic mass is 16.5. The first kappa shape index (κ1) is 13.5. The molecule has 18 heavy (non-hydrogen) atoms. The van der Waals surface area contributed by atoms with Crippen LogP contribution in [-0.4, -0.2) is 10.1 Å². The van der Waals surface area contributed by atoms with Crippen LogP contribution in [0.15, 0.2) is 4.52 Å². The van der Waals surface area contributed by atoms with Crippen molar-refractivity contribution in [3.8, 4) is 0 Å². The van der Waals surface area contributed by atoms with E-state index in [0.29, 0.717) is 17.7 Å². The minimum absolute atomic E-state index is 0.118. The van der Waals surface area contributed by atoms with Crippen molar-refractivity contribution < 1.29 is 4.52 Å². The van der Waals surface area contributed by atoms with Crippen molar-refractivity contribution in [3.63, 3.8) is 0 Å². The SMILES string of the molecule is CC(C)C[C@H](N)c1nc(C2CCCC(C)C2)no1. The molecule has 2 unspecified atom stereocenters. The fraction of sp³-hybridized carbons (Fsp3) is 0.857. The monoisotopic (exact) mass is 251 g/mol. The molecule has 0 radical (unpaired) electrons.